The zero-order chi connectivity index (χ0) is 16.5. The fourth-order valence-corrected chi connectivity index (χ4v) is 4.16. The second kappa shape index (κ2) is 6.22. The number of nitrogens with zero attached hydrogens (tertiary/aromatic N) is 2. The minimum Gasteiger partial charge on any atom is -0.480 e. The van der Waals surface area contributed by atoms with Crippen LogP contribution >= 0.6 is 11.3 Å². The Hall–Kier alpha value is -2.44. The molecule has 6 heteroatoms. The van der Waals surface area contributed by atoms with E-state index in [1.54, 1.807) is 17.7 Å². The number of carboxylic acid groups (broad SMARTS) is 1. The van der Waals surface area contributed by atoms with Crippen LogP contribution in [0.1, 0.15) is 16.3 Å². The molecule has 5 nitrogen and oxygen atoms in total. The summed E-state index contributed by atoms with van der Waals surface area (Å²) in [6, 6.07) is 13.9. The third-order valence-electron chi connectivity index (χ3n) is 4.36. The smallest absolute Gasteiger partial charge is 0.321 e. The molecule has 1 aliphatic heterocycles. The first-order valence-corrected chi connectivity index (χ1v) is 8.64. The molecule has 1 unspecified atom stereocenters. The fourth-order valence-electron chi connectivity index (χ4n) is 3.12. The summed E-state index contributed by atoms with van der Waals surface area (Å²) < 4.78 is 0. The van der Waals surface area contributed by atoms with E-state index in [-0.39, 0.29) is 0 Å². The van der Waals surface area contributed by atoms with E-state index >= 15 is 0 Å². The van der Waals surface area contributed by atoms with Crippen LogP contribution < -0.4 is 0 Å². The highest BCUT2D eigenvalue weighted by Crippen LogP contribution is 2.30. The lowest BCUT2D eigenvalue weighted by atomic mass is 10.0. The number of nitrogens with one attached hydrogen (secondary N) is 1. The molecule has 2 N–H and O–H groups in total. The Morgan fingerprint density at radius 2 is 2.12 bits per heavy atom. The summed E-state index contributed by atoms with van der Waals surface area (Å²) in [6.07, 6.45) is 2.09. The summed E-state index contributed by atoms with van der Waals surface area (Å²) in [4.78, 5) is 23.4. The summed E-state index contributed by atoms with van der Waals surface area (Å²) in [5.74, 6) is -0.788. The minimum atomic E-state index is -0.788. The van der Waals surface area contributed by atoms with E-state index < -0.39 is 12.0 Å². The first-order valence-electron chi connectivity index (χ1n) is 7.83. The first kappa shape index (κ1) is 15.1. The summed E-state index contributed by atoms with van der Waals surface area (Å²) in [5, 5.41) is 9.56. The number of aromatic amines is 1. The molecule has 2 aromatic heterocycles. The van der Waals surface area contributed by atoms with Gasteiger partial charge in [0, 0.05) is 29.3 Å². The third-order valence-corrected chi connectivity index (χ3v) is 5.48. The van der Waals surface area contributed by atoms with Gasteiger partial charge in [-0.1, -0.05) is 30.3 Å². The van der Waals surface area contributed by atoms with Gasteiger partial charge in [-0.15, -0.1) is 11.3 Å². The molecular weight excluding hydrogens is 322 g/mol. The Labute approximate surface area is 143 Å². The normalized spacial score (nSPS) is 17.6. The van der Waals surface area contributed by atoms with Crippen molar-refractivity contribution in [2.45, 2.75) is 25.6 Å². The van der Waals surface area contributed by atoms with Crippen molar-refractivity contribution >= 4 is 17.3 Å². The highest BCUT2D eigenvalue weighted by molar-refractivity contribution is 7.15. The third kappa shape index (κ3) is 2.86. The maximum atomic E-state index is 11.6. The van der Waals surface area contributed by atoms with Crippen LogP contribution in [0.25, 0.3) is 10.4 Å². The van der Waals surface area contributed by atoms with Gasteiger partial charge in [-0.05, 0) is 17.7 Å². The molecule has 24 heavy (non-hydrogen) atoms. The fraction of sp³-hybridized carbons (Fsp3) is 0.222. The van der Waals surface area contributed by atoms with Gasteiger partial charge in [-0.2, -0.15) is 0 Å². The lowest BCUT2D eigenvalue weighted by Crippen LogP contribution is -2.44. The van der Waals surface area contributed by atoms with Crippen LogP contribution in [0, 0.1) is 0 Å². The van der Waals surface area contributed by atoms with Gasteiger partial charge < -0.3 is 10.1 Å². The molecule has 0 spiro atoms. The number of hydrogen-bond acceptors (Lipinski definition) is 4. The Morgan fingerprint density at radius 3 is 2.92 bits per heavy atom. The summed E-state index contributed by atoms with van der Waals surface area (Å²) in [5.41, 5.74) is 3.08. The van der Waals surface area contributed by atoms with Crippen molar-refractivity contribution in [3.05, 3.63) is 65.1 Å². The van der Waals surface area contributed by atoms with Crippen LogP contribution in [0.15, 0.2) is 48.8 Å². The highest BCUT2D eigenvalue weighted by Gasteiger charge is 2.33. The maximum Gasteiger partial charge on any atom is 0.321 e. The number of fused-ring (bicyclic) bond motifs is 1. The van der Waals surface area contributed by atoms with E-state index in [1.165, 1.54) is 15.3 Å². The van der Waals surface area contributed by atoms with Crippen molar-refractivity contribution < 1.29 is 9.90 Å². The molecule has 0 saturated heterocycles. The molecule has 0 amide bonds. The number of imidazole rings is 1. The van der Waals surface area contributed by atoms with Gasteiger partial charge in [0.15, 0.2) is 0 Å². The van der Waals surface area contributed by atoms with Crippen molar-refractivity contribution in [2.75, 3.05) is 0 Å². The Morgan fingerprint density at radius 1 is 1.29 bits per heavy atom. The quantitative estimate of drug-likeness (QED) is 0.766. The van der Waals surface area contributed by atoms with Gasteiger partial charge >= 0.3 is 5.97 Å². The predicted octanol–water partition coefficient (Wildman–Crippen LogP) is 3.15. The standard InChI is InChI=1S/C18H17N3O2S/c22-18(23)16-8-14-15(20-11-19-14)10-21(16)9-13-6-7-17(24-13)12-4-2-1-3-5-12/h1-7,11,16H,8-10H2,(H,19,20)(H,22,23). The number of benzene rings is 1. The number of hydrogen-bond donors (Lipinski definition) is 2. The molecule has 3 aromatic rings. The van der Waals surface area contributed by atoms with E-state index in [1.807, 2.05) is 23.1 Å². The van der Waals surface area contributed by atoms with Crippen molar-refractivity contribution in [3.63, 3.8) is 0 Å². The Balaban J connectivity index is 1.56. The maximum absolute atomic E-state index is 11.6. The predicted molar refractivity (Wildman–Crippen MR) is 92.7 cm³/mol. The number of thiophene rings is 1. The molecule has 0 aliphatic carbocycles. The molecule has 0 saturated carbocycles. The van der Waals surface area contributed by atoms with E-state index in [4.69, 9.17) is 0 Å². The minimum absolute atomic E-state index is 0.449. The zero-order valence-corrected chi connectivity index (χ0v) is 13.8. The molecule has 1 atom stereocenters. The molecule has 122 valence electrons. The van der Waals surface area contributed by atoms with Gasteiger partial charge in [0.1, 0.15) is 6.04 Å². The lowest BCUT2D eigenvalue weighted by Gasteiger charge is -2.31. The molecular formula is C18H17N3O2S. The van der Waals surface area contributed by atoms with E-state index in [0.717, 1.165) is 11.4 Å². The Bertz CT molecular complexity index is 856. The van der Waals surface area contributed by atoms with Gasteiger partial charge in [0.25, 0.3) is 0 Å². The second-order valence-electron chi connectivity index (χ2n) is 5.92. The van der Waals surface area contributed by atoms with E-state index in [9.17, 15) is 9.90 Å². The van der Waals surface area contributed by atoms with Gasteiger partial charge in [0.05, 0.1) is 17.7 Å². The number of rotatable bonds is 4. The largest absolute Gasteiger partial charge is 0.480 e. The SMILES string of the molecule is O=C(O)C1Cc2nc[nH]c2CN1Cc1ccc(-c2ccccc2)s1. The van der Waals surface area contributed by atoms with Gasteiger partial charge in [-0.25, -0.2) is 4.98 Å². The molecule has 1 aliphatic rings. The van der Waals surface area contributed by atoms with Crippen LogP contribution in [0.5, 0.6) is 0 Å². The first-order chi connectivity index (χ1) is 11.7. The molecule has 0 fully saturated rings. The molecule has 4 rings (SSSR count). The van der Waals surface area contributed by atoms with Crippen LogP contribution in [-0.4, -0.2) is 32.0 Å². The average Bonchev–Trinajstić information content (AvgIpc) is 3.23. The number of carbonyl (C=O) groups is 1. The zero-order valence-electron chi connectivity index (χ0n) is 13.0. The van der Waals surface area contributed by atoms with E-state index in [2.05, 4.69) is 34.2 Å². The van der Waals surface area contributed by atoms with Crippen molar-refractivity contribution in [1.29, 1.82) is 0 Å². The van der Waals surface area contributed by atoms with Gasteiger partial charge in [-0.3, -0.25) is 9.69 Å². The van der Waals surface area contributed by atoms with Crippen molar-refractivity contribution in [3.8, 4) is 10.4 Å². The summed E-state index contributed by atoms with van der Waals surface area (Å²) in [7, 11) is 0. The van der Waals surface area contributed by atoms with Gasteiger partial charge in [0.2, 0.25) is 0 Å². The van der Waals surface area contributed by atoms with Crippen molar-refractivity contribution in [2.24, 2.45) is 0 Å². The number of aromatic nitrogens is 2. The number of aliphatic carboxylic acids is 1. The molecule has 1 aromatic carbocycles. The lowest BCUT2D eigenvalue weighted by molar-refractivity contribution is -0.144. The number of carboxylic acids is 1. The van der Waals surface area contributed by atoms with Crippen LogP contribution in [0.4, 0.5) is 0 Å². The second-order valence-corrected chi connectivity index (χ2v) is 7.09. The van der Waals surface area contributed by atoms with Crippen molar-refractivity contribution in [1.82, 2.24) is 14.9 Å². The van der Waals surface area contributed by atoms with E-state index in [0.29, 0.717) is 19.5 Å². The Kier molecular flexibility index (Phi) is 3.92. The summed E-state index contributed by atoms with van der Waals surface area (Å²) >= 11 is 1.72. The topological polar surface area (TPSA) is 69.2 Å². The van der Waals surface area contributed by atoms with Crippen LogP contribution in [-0.2, 0) is 24.3 Å². The summed E-state index contributed by atoms with van der Waals surface area (Å²) in [6.45, 7) is 1.22. The highest BCUT2D eigenvalue weighted by atomic mass is 32.1. The molecule has 3 heterocycles. The molecule has 0 radical (unpaired) electrons. The monoisotopic (exact) mass is 339 g/mol. The van der Waals surface area contributed by atoms with Crippen LogP contribution in [0.3, 0.4) is 0 Å². The van der Waals surface area contributed by atoms with Crippen LogP contribution in [0.2, 0.25) is 0 Å². The molecule has 0 bridgehead atoms. The number of H-pyrrole nitrogens is 1. The average molecular weight is 339 g/mol.